The SMILES string of the molecule is C#CC(=O)NCCCCC(=O)OCOC(=O)ON1C(=O)CCC1=O. The van der Waals surface area contributed by atoms with Gasteiger partial charge in [-0.1, -0.05) is 5.06 Å². The van der Waals surface area contributed by atoms with Crippen LogP contribution >= 0.6 is 0 Å². The molecule has 0 aromatic heterocycles. The van der Waals surface area contributed by atoms with Gasteiger partial charge >= 0.3 is 12.1 Å². The first kappa shape index (κ1) is 19.0. The van der Waals surface area contributed by atoms with Crippen molar-refractivity contribution >= 4 is 29.8 Å². The molecule has 0 aromatic carbocycles. The van der Waals surface area contributed by atoms with E-state index in [-0.39, 0.29) is 19.3 Å². The second-order valence-electron chi connectivity index (χ2n) is 4.56. The molecule has 1 aliphatic heterocycles. The molecule has 1 aliphatic rings. The molecule has 0 atom stereocenters. The lowest BCUT2D eigenvalue weighted by atomic mass is 10.2. The van der Waals surface area contributed by atoms with Gasteiger partial charge in [0.05, 0.1) is 0 Å². The van der Waals surface area contributed by atoms with Crippen LogP contribution in [0.4, 0.5) is 4.79 Å². The first-order valence-electron chi connectivity index (χ1n) is 7.04. The van der Waals surface area contributed by atoms with Crippen LogP contribution < -0.4 is 5.32 Å². The summed E-state index contributed by atoms with van der Waals surface area (Å²) in [4.78, 5) is 60.1. The molecule has 1 fully saturated rings. The number of hydrogen-bond donors (Lipinski definition) is 1. The highest BCUT2D eigenvalue weighted by atomic mass is 16.9. The topological polar surface area (TPSA) is 128 Å². The number of carbonyl (C=O) groups excluding carboxylic acids is 5. The summed E-state index contributed by atoms with van der Waals surface area (Å²) >= 11 is 0. The number of nitrogens with one attached hydrogen (secondary N) is 1. The van der Waals surface area contributed by atoms with Gasteiger partial charge < -0.3 is 14.8 Å². The van der Waals surface area contributed by atoms with Gasteiger partial charge in [0.1, 0.15) is 0 Å². The maximum absolute atomic E-state index is 11.3. The Morgan fingerprint density at radius 1 is 1.12 bits per heavy atom. The molecule has 10 nitrogen and oxygen atoms in total. The van der Waals surface area contributed by atoms with Crippen molar-refractivity contribution in [1.82, 2.24) is 10.4 Å². The summed E-state index contributed by atoms with van der Waals surface area (Å²) in [5.74, 6) is -0.562. The first-order chi connectivity index (χ1) is 11.4. The molecule has 0 unspecified atom stereocenters. The average Bonchev–Trinajstić information content (AvgIpc) is 2.86. The summed E-state index contributed by atoms with van der Waals surface area (Å²) in [6.07, 6.45) is 4.45. The number of rotatable bonds is 8. The standard InChI is InChI=1S/C14H16N2O8/c1-2-10(17)15-8-4-3-5-13(20)22-9-23-14(21)24-16-11(18)6-7-12(16)19/h1H,3-9H2,(H,15,17). The summed E-state index contributed by atoms with van der Waals surface area (Å²) in [7, 11) is 0. The monoisotopic (exact) mass is 340 g/mol. The molecule has 0 radical (unpaired) electrons. The Balaban J connectivity index is 2.07. The van der Waals surface area contributed by atoms with E-state index in [0.29, 0.717) is 24.4 Å². The number of hydrogen-bond acceptors (Lipinski definition) is 8. The Morgan fingerprint density at radius 3 is 2.42 bits per heavy atom. The third kappa shape index (κ3) is 6.78. The molecule has 0 spiro atoms. The number of nitrogens with zero attached hydrogens (tertiary/aromatic N) is 1. The van der Waals surface area contributed by atoms with Crippen LogP contribution in [0.2, 0.25) is 0 Å². The molecular formula is C14H16N2O8. The number of ether oxygens (including phenoxy) is 2. The van der Waals surface area contributed by atoms with E-state index >= 15 is 0 Å². The average molecular weight is 340 g/mol. The molecule has 1 saturated heterocycles. The second kappa shape index (κ2) is 9.83. The van der Waals surface area contributed by atoms with Gasteiger partial charge in [0.15, 0.2) is 0 Å². The molecule has 0 bridgehead atoms. The number of esters is 1. The number of carbonyl (C=O) groups is 5. The summed E-state index contributed by atoms with van der Waals surface area (Å²) < 4.78 is 9.02. The van der Waals surface area contributed by atoms with Crippen molar-refractivity contribution in [2.45, 2.75) is 32.1 Å². The van der Waals surface area contributed by atoms with Crippen molar-refractivity contribution in [1.29, 1.82) is 0 Å². The Labute approximate surface area is 137 Å². The number of imide groups is 1. The molecule has 10 heteroatoms. The maximum atomic E-state index is 11.3. The molecule has 0 aromatic rings. The summed E-state index contributed by atoms with van der Waals surface area (Å²) in [5, 5.41) is 2.75. The fraction of sp³-hybridized carbons (Fsp3) is 0.500. The molecule has 1 heterocycles. The zero-order chi connectivity index (χ0) is 17.9. The Bertz CT molecular complexity index is 550. The Kier molecular flexibility index (Phi) is 7.77. The zero-order valence-corrected chi connectivity index (χ0v) is 12.7. The summed E-state index contributed by atoms with van der Waals surface area (Å²) in [6, 6.07) is 0. The predicted octanol–water partition coefficient (Wildman–Crippen LogP) is -0.376. The number of terminal acetylenes is 1. The fourth-order valence-corrected chi connectivity index (χ4v) is 1.62. The van der Waals surface area contributed by atoms with Gasteiger partial charge in [-0.05, 0) is 18.8 Å². The van der Waals surface area contributed by atoms with Crippen LogP contribution in [0.15, 0.2) is 0 Å². The molecule has 24 heavy (non-hydrogen) atoms. The highest BCUT2D eigenvalue weighted by Crippen LogP contribution is 2.12. The van der Waals surface area contributed by atoms with Crippen LogP contribution in [0.3, 0.4) is 0 Å². The van der Waals surface area contributed by atoms with Crippen molar-refractivity contribution < 1.29 is 38.3 Å². The van der Waals surface area contributed by atoms with Crippen LogP contribution in [-0.2, 0) is 33.5 Å². The van der Waals surface area contributed by atoms with Crippen LogP contribution in [0, 0.1) is 12.3 Å². The van der Waals surface area contributed by atoms with Gasteiger partial charge in [0.25, 0.3) is 17.7 Å². The van der Waals surface area contributed by atoms with E-state index < -0.39 is 36.6 Å². The lowest BCUT2D eigenvalue weighted by molar-refractivity contribution is -0.182. The smallest absolute Gasteiger partial charge is 0.428 e. The number of unbranched alkanes of at least 4 members (excludes halogenated alkanes) is 1. The van der Waals surface area contributed by atoms with E-state index in [1.165, 1.54) is 0 Å². The summed E-state index contributed by atoms with van der Waals surface area (Å²) in [5.41, 5.74) is 0. The van der Waals surface area contributed by atoms with E-state index in [0.717, 1.165) is 0 Å². The van der Waals surface area contributed by atoms with Crippen LogP contribution in [0.5, 0.6) is 0 Å². The van der Waals surface area contributed by atoms with Gasteiger partial charge in [0.2, 0.25) is 6.79 Å². The molecular weight excluding hydrogens is 324 g/mol. The minimum absolute atomic E-state index is 0.0388. The van der Waals surface area contributed by atoms with Crippen molar-refractivity contribution in [3.05, 3.63) is 0 Å². The van der Waals surface area contributed by atoms with Gasteiger partial charge in [-0.25, -0.2) is 4.79 Å². The highest BCUT2D eigenvalue weighted by Gasteiger charge is 2.33. The minimum Gasteiger partial charge on any atom is -0.428 e. The summed E-state index contributed by atoms with van der Waals surface area (Å²) in [6.45, 7) is -0.376. The third-order valence-corrected chi connectivity index (χ3v) is 2.79. The van der Waals surface area contributed by atoms with E-state index in [1.807, 2.05) is 5.92 Å². The van der Waals surface area contributed by atoms with Gasteiger partial charge in [0, 0.05) is 25.8 Å². The maximum Gasteiger partial charge on any atom is 0.536 e. The molecule has 0 saturated carbocycles. The van der Waals surface area contributed by atoms with E-state index in [9.17, 15) is 24.0 Å². The lowest BCUT2D eigenvalue weighted by Crippen LogP contribution is -2.32. The van der Waals surface area contributed by atoms with Gasteiger partial charge in [-0.15, -0.1) is 6.42 Å². The van der Waals surface area contributed by atoms with Crippen LogP contribution in [0.1, 0.15) is 32.1 Å². The number of amides is 3. The van der Waals surface area contributed by atoms with Crippen molar-refractivity contribution in [2.75, 3.05) is 13.3 Å². The molecule has 3 amide bonds. The van der Waals surface area contributed by atoms with Crippen LogP contribution in [-0.4, -0.2) is 48.2 Å². The Morgan fingerprint density at radius 2 is 1.79 bits per heavy atom. The van der Waals surface area contributed by atoms with Crippen molar-refractivity contribution in [3.63, 3.8) is 0 Å². The van der Waals surface area contributed by atoms with Crippen LogP contribution in [0.25, 0.3) is 0 Å². The first-order valence-corrected chi connectivity index (χ1v) is 7.04. The molecule has 1 N–H and O–H groups in total. The second-order valence-corrected chi connectivity index (χ2v) is 4.56. The predicted molar refractivity (Wildman–Crippen MR) is 75.3 cm³/mol. The van der Waals surface area contributed by atoms with E-state index in [1.54, 1.807) is 0 Å². The largest absolute Gasteiger partial charge is 0.536 e. The Hall–Kier alpha value is -3.09. The fourth-order valence-electron chi connectivity index (χ4n) is 1.62. The number of hydroxylamine groups is 2. The quantitative estimate of drug-likeness (QED) is 0.208. The zero-order valence-electron chi connectivity index (χ0n) is 12.7. The van der Waals surface area contributed by atoms with E-state index in [2.05, 4.69) is 19.6 Å². The lowest BCUT2D eigenvalue weighted by Gasteiger charge is -2.12. The molecule has 0 aliphatic carbocycles. The highest BCUT2D eigenvalue weighted by molar-refractivity contribution is 6.01. The van der Waals surface area contributed by atoms with Crippen molar-refractivity contribution in [2.24, 2.45) is 0 Å². The molecule has 130 valence electrons. The van der Waals surface area contributed by atoms with Gasteiger partial charge in [-0.2, -0.15) is 0 Å². The van der Waals surface area contributed by atoms with Crippen molar-refractivity contribution in [3.8, 4) is 12.3 Å². The molecule has 1 rings (SSSR count). The van der Waals surface area contributed by atoms with E-state index in [4.69, 9.17) is 6.42 Å². The normalized spacial score (nSPS) is 13.2. The minimum atomic E-state index is -1.33. The van der Waals surface area contributed by atoms with Gasteiger partial charge in [-0.3, -0.25) is 24.0 Å². The third-order valence-electron chi connectivity index (χ3n) is 2.79.